The van der Waals surface area contributed by atoms with E-state index < -0.39 is 0 Å². The molecule has 0 bridgehead atoms. The molecule has 0 saturated heterocycles. The van der Waals surface area contributed by atoms with E-state index in [-0.39, 0.29) is 10.6 Å². The number of nitro groups is 1. The van der Waals surface area contributed by atoms with Gasteiger partial charge >= 0.3 is 0 Å². The largest absolute Gasteiger partial charge is 0.273 e. The van der Waals surface area contributed by atoms with Crippen molar-refractivity contribution in [2.75, 3.05) is 0 Å². The van der Waals surface area contributed by atoms with Crippen molar-refractivity contribution in [3.63, 3.8) is 0 Å². The van der Waals surface area contributed by atoms with Gasteiger partial charge in [-0.1, -0.05) is 22.9 Å². The van der Waals surface area contributed by atoms with Gasteiger partial charge in [-0.25, -0.2) is 0 Å². The lowest BCUT2D eigenvalue weighted by molar-refractivity contribution is -0.385. The van der Waals surface area contributed by atoms with Gasteiger partial charge in [0, 0.05) is 16.1 Å². The molecule has 1 aromatic carbocycles. The molecule has 13 heavy (non-hydrogen) atoms. The molecular weight excluding hydrogens is 234 g/mol. The monoisotopic (exact) mass is 243 g/mol. The topological polar surface area (TPSA) is 43.1 Å². The van der Waals surface area contributed by atoms with Gasteiger partial charge in [0.1, 0.15) is 0 Å². The molecule has 0 aliphatic rings. The van der Waals surface area contributed by atoms with Crippen LogP contribution >= 0.6 is 15.9 Å². The third-order valence-corrected chi connectivity index (χ3v) is 2.57. The third kappa shape index (κ3) is 2.06. The van der Waals surface area contributed by atoms with Gasteiger partial charge in [-0.15, -0.1) is 0 Å². The Hall–Kier alpha value is -0.900. The fourth-order valence-corrected chi connectivity index (χ4v) is 2.11. The highest BCUT2D eigenvalue weighted by atomic mass is 79.9. The molecule has 0 aromatic heterocycles. The first-order chi connectivity index (χ1) is 6.06. The van der Waals surface area contributed by atoms with Crippen LogP contribution in [0.1, 0.15) is 18.1 Å². The number of hydrogen-bond acceptors (Lipinski definition) is 2. The van der Waals surface area contributed by atoms with Crippen LogP contribution in [0, 0.1) is 17.0 Å². The highest BCUT2D eigenvalue weighted by molar-refractivity contribution is 9.10. The van der Waals surface area contributed by atoms with Gasteiger partial charge in [-0.3, -0.25) is 10.1 Å². The van der Waals surface area contributed by atoms with Crippen LogP contribution in [0.2, 0.25) is 0 Å². The van der Waals surface area contributed by atoms with Crippen LogP contribution in [-0.2, 0) is 6.42 Å². The van der Waals surface area contributed by atoms with Crippen molar-refractivity contribution < 1.29 is 4.92 Å². The Labute approximate surface area is 85.0 Å². The third-order valence-electron chi connectivity index (χ3n) is 1.87. The van der Waals surface area contributed by atoms with Gasteiger partial charge in [0.15, 0.2) is 0 Å². The minimum absolute atomic E-state index is 0.203. The predicted octanol–water partition coefficient (Wildman–Crippen LogP) is 3.23. The van der Waals surface area contributed by atoms with Gasteiger partial charge in [0.2, 0.25) is 0 Å². The van der Waals surface area contributed by atoms with E-state index in [9.17, 15) is 10.1 Å². The first-order valence-corrected chi connectivity index (χ1v) is 4.79. The van der Waals surface area contributed by atoms with Crippen LogP contribution in [0.4, 0.5) is 5.69 Å². The smallest absolute Gasteiger partial charge is 0.258 e. The number of halogens is 1. The molecule has 0 aliphatic carbocycles. The minimum Gasteiger partial charge on any atom is -0.258 e. The number of aryl methyl sites for hydroxylation is 1. The summed E-state index contributed by atoms with van der Waals surface area (Å²) in [6.07, 6.45) is 0.664. The molecule has 0 amide bonds. The Morgan fingerprint density at radius 1 is 1.54 bits per heavy atom. The maximum absolute atomic E-state index is 10.7. The van der Waals surface area contributed by atoms with Gasteiger partial charge < -0.3 is 0 Å². The fraction of sp³-hybridized carbons (Fsp3) is 0.333. The molecule has 0 spiro atoms. The standard InChI is InChI=1S/C9H10BrNO2/c1-3-7-8(10)4-6(2)5-9(7)11(12)13/h4-5H,3H2,1-2H3. The summed E-state index contributed by atoms with van der Waals surface area (Å²) in [4.78, 5) is 10.3. The van der Waals surface area contributed by atoms with Crippen LogP contribution < -0.4 is 0 Å². The molecular formula is C9H10BrNO2. The Kier molecular flexibility index (Phi) is 3.03. The summed E-state index contributed by atoms with van der Waals surface area (Å²) in [7, 11) is 0. The molecule has 1 rings (SSSR count). The molecule has 0 aliphatic heterocycles. The second kappa shape index (κ2) is 3.87. The molecule has 0 N–H and O–H groups in total. The molecule has 0 saturated carbocycles. The van der Waals surface area contributed by atoms with Crippen LogP contribution in [-0.4, -0.2) is 4.92 Å². The zero-order valence-corrected chi connectivity index (χ0v) is 9.09. The average Bonchev–Trinajstić information content (AvgIpc) is 2.02. The van der Waals surface area contributed by atoms with E-state index in [1.165, 1.54) is 0 Å². The molecule has 70 valence electrons. The molecule has 0 unspecified atom stereocenters. The summed E-state index contributed by atoms with van der Waals surface area (Å²) in [6, 6.07) is 3.50. The number of rotatable bonds is 2. The van der Waals surface area contributed by atoms with Crippen LogP contribution in [0.3, 0.4) is 0 Å². The molecule has 0 atom stereocenters. The fourth-order valence-electron chi connectivity index (χ4n) is 1.27. The van der Waals surface area contributed by atoms with Crippen LogP contribution in [0.5, 0.6) is 0 Å². The molecule has 3 nitrogen and oxygen atoms in total. The summed E-state index contributed by atoms with van der Waals surface area (Å²) in [5, 5.41) is 10.7. The molecule has 0 fully saturated rings. The number of nitrogens with zero attached hydrogens (tertiary/aromatic N) is 1. The number of benzene rings is 1. The molecule has 1 aromatic rings. The lowest BCUT2D eigenvalue weighted by atomic mass is 10.1. The van der Waals surface area contributed by atoms with E-state index in [4.69, 9.17) is 0 Å². The number of hydrogen-bond donors (Lipinski definition) is 0. The van der Waals surface area contributed by atoms with E-state index in [0.717, 1.165) is 15.6 Å². The van der Waals surface area contributed by atoms with Gasteiger partial charge in [0.05, 0.1) is 4.92 Å². The van der Waals surface area contributed by atoms with Gasteiger partial charge in [-0.2, -0.15) is 0 Å². The highest BCUT2D eigenvalue weighted by Crippen LogP contribution is 2.28. The molecule has 0 radical (unpaired) electrons. The quantitative estimate of drug-likeness (QED) is 0.592. The summed E-state index contributed by atoms with van der Waals surface area (Å²) in [5.74, 6) is 0. The van der Waals surface area contributed by atoms with Crippen molar-refractivity contribution in [3.05, 3.63) is 37.8 Å². The van der Waals surface area contributed by atoms with E-state index in [2.05, 4.69) is 15.9 Å². The second-order valence-electron chi connectivity index (χ2n) is 2.86. The summed E-state index contributed by atoms with van der Waals surface area (Å²) >= 11 is 3.32. The lowest BCUT2D eigenvalue weighted by Crippen LogP contribution is -1.96. The second-order valence-corrected chi connectivity index (χ2v) is 3.71. The Balaban J connectivity index is 3.38. The Morgan fingerprint density at radius 2 is 2.15 bits per heavy atom. The van der Waals surface area contributed by atoms with Crippen molar-refractivity contribution in [1.29, 1.82) is 0 Å². The normalized spacial score (nSPS) is 10.1. The minimum atomic E-state index is -0.337. The van der Waals surface area contributed by atoms with Crippen molar-refractivity contribution >= 4 is 21.6 Å². The maximum atomic E-state index is 10.7. The SMILES string of the molecule is CCc1c(Br)cc(C)cc1[N+](=O)[O-]. The lowest BCUT2D eigenvalue weighted by Gasteiger charge is -2.03. The first kappa shape index (κ1) is 10.2. The Morgan fingerprint density at radius 3 is 2.62 bits per heavy atom. The van der Waals surface area contributed by atoms with E-state index >= 15 is 0 Å². The van der Waals surface area contributed by atoms with Crippen molar-refractivity contribution in [2.45, 2.75) is 20.3 Å². The summed E-state index contributed by atoms with van der Waals surface area (Å²) in [5.41, 5.74) is 1.86. The van der Waals surface area contributed by atoms with Crippen molar-refractivity contribution in [3.8, 4) is 0 Å². The zero-order chi connectivity index (χ0) is 10.0. The molecule has 4 heteroatoms. The molecule has 0 heterocycles. The van der Waals surface area contributed by atoms with Gasteiger partial charge in [0.25, 0.3) is 5.69 Å². The van der Waals surface area contributed by atoms with Crippen LogP contribution in [0.25, 0.3) is 0 Å². The van der Waals surface area contributed by atoms with E-state index in [1.54, 1.807) is 6.07 Å². The Bertz CT molecular complexity index is 350. The zero-order valence-electron chi connectivity index (χ0n) is 7.50. The van der Waals surface area contributed by atoms with Crippen molar-refractivity contribution in [2.24, 2.45) is 0 Å². The summed E-state index contributed by atoms with van der Waals surface area (Å²) < 4.78 is 0.821. The highest BCUT2D eigenvalue weighted by Gasteiger charge is 2.15. The summed E-state index contributed by atoms with van der Waals surface area (Å²) in [6.45, 7) is 3.75. The maximum Gasteiger partial charge on any atom is 0.273 e. The van der Waals surface area contributed by atoms with E-state index in [1.807, 2.05) is 19.9 Å². The van der Waals surface area contributed by atoms with Gasteiger partial charge in [-0.05, 0) is 25.0 Å². The first-order valence-electron chi connectivity index (χ1n) is 3.99. The van der Waals surface area contributed by atoms with Crippen molar-refractivity contribution in [1.82, 2.24) is 0 Å². The predicted molar refractivity (Wildman–Crippen MR) is 54.9 cm³/mol. The van der Waals surface area contributed by atoms with Crippen LogP contribution in [0.15, 0.2) is 16.6 Å². The number of nitro benzene ring substituents is 1. The van der Waals surface area contributed by atoms with E-state index in [0.29, 0.717) is 6.42 Å². The average molecular weight is 244 g/mol.